The number of carbonyl (C=O) groups is 1. The van der Waals surface area contributed by atoms with Gasteiger partial charge in [-0.2, -0.15) is 0 Å². The van der Waals surface area contributed by atoms with E-state index in [0.717, 1.165) is 17.7 Å². The van der Waals surface area contributed by atoms with Gasteiger partial charge in [0.2, 0.25) is 5.95 Å². The number of amides is 1. The van der Waals surface area contributed by atoms with Gasteiger partial charge in [-0.05, 0) is 17.7 Å². The van der Waals surface area contributed by atoms with Gasteiger partial charge in [0.05, 0.1) is 6.54 Å². The smallest absolute Gasteiger partial charge is 0.264 e. The molecule has 2 aromatic carbocycles. The van der Waals surface area contributed by atoms with Gasteiger partial charge in [0, 0.05) is 0 Å². The van der Waals surface area contributed by atoms with E-state index in [1.54, 1.807) is 0 Å². The average Bonchev–Trinajstić information content (AvgIpc) is 2.95. The molecule has 0 atom stereocenters. The van der Waals surface area contributed by atoms with Crippen LogP contribution in [0.25, 0.3) is 0 Å². The molecule has 0 aliphatic heterocycles. The Hall–Kier alpha value is -3.09. The first-order valence-electron chi connectivity index (χ1n) is 6.82. The SMILES string of the molecule is O=C(Nc1ncn(Cc2ccccc2)n1)c1c(F)cccc1F. The van der Waals surface area contributed by atoms with E-state index in [1.807, 2.05) is 30.3 Å². The molecule has 0 bridgehead atoms. The molecule has 0 fully saturated rings. The maximum Gasteiger partial charge on any atom is 0.264 e. The summed E-state index contributed by atoms with van der Waals surface area (Å²) in [4.78, 5) is 15.9. The van der Waals surface area contributed by atoms with Gasteiger partial charge in [-0.25, -0.2) is 18.4 Å². The Morgan fingerprint density at radius 1 is 1.04 bits per heavy atom. The predicted octanol–water partition coefficient (Wildman–Crippen LogP) is 2.86. The number of rotatable bonds is 4. The van der Waals surface area contributed by atoms with E-state index >= 15 is 0 Å². The lowest BCUT2D eigenvalue weighted by molar-refractivity contribution is 0.101. The number of nitrogens with one attached hydrogen (secondary N) is 1. The summed E-state index contributed by atoms with van der Waals surface area (Å²) in [6.07, 6.45) is 1.43. The molecule has 0 saturated heterocycles. The predicted molar refractivity (Wildman–Crippen MR) is 79.9 cm³/mol. The van der Waals surface area contributed by atoms with Crippen molar-refractivity contribution in [1.29, 1.82) is 0 Å². The van der Waals surface area contributed by atoms with E-state index in [4.69, 9.17) is 0 Å². The summed E-state index contributed by atoms with van der Waals surface area (Å²) in [6, 6.07) is 12.8. The number of benzene rings is 2. The Morgan fingerprint density at radius 3 is 2.43 bits per heavy atom. The minimum atomic E-state index is -0.939. The van der Waals surface area contributed by atoms with Crippen LogP contribution in [-0.4, -0.2) is 20.7 Å². The first kappa shape index (κ1) is 14.8. The van der Waals surface area contributed by atoms with Gasteiger partial charge in [-0.3, -0.25) is 10.1 Å². The molecule has 1 N–H and O–H groups in total. The topological polar surface area (TPSA) is 59.8 Å². The number of hydrogen-bond donors (Lipinski definition) is 1. The van der Waals surface area contributed by atoms with Crippen molar-refractivity contribution in [1.82, 2.24) is 14.8 Å². The van der Waals surface area contributed by atoms with Crippen LogP contribution in [0, 0.1) is 11.6 Å². The maximum absolute atomic E-state index is 13.5. The van der Waals surface area contributed by atoms with E-state index in [2.05, 4.69) is 15.4 Å². The Balaban J connectivity index is 1.73. The van der Waals surface area contributed by atoms with Crippen molar-refractivity contribution in [2.24, 2.45) is 0 Å². The molecule has 0 aliphatic carbocycles. The maximum atomic E-state index is 13.5. The standard InChI is InChI=1S/C16H12F2N4O/c17-12-7-4-8-13(18)14(12)15(23)20-16-19-10-22(21-16)9-11-5-2-1-3-6-11/h1-8,10H,9H2,(H,20,21,23). The van der Waals surface area contributed by atoms with E-state index in [9.17, 15) is 13.6 Å². The minimum Gasteiger partial charge on any atom is -0.289 e. The molecule has 7 heteroatoms. The lowest BCUT2D eigenvalue weighted by Crippen LogP contribution is -2.17. The first-order chi connectivity index (χ1) is 11.1. The van der Waals surface area contributed by atoms with Crippen molar-refractivity contribution in [2.75, 3.05) is 5.32 Å². The van der Waals surface area contributed by atoms with Gasteiger partial charge in [-0.15, -0.1) is 5.10 Å². The Bertz CT molecular complexity index is 813. The van der Waals surface area contributed by atoms with Crippen molar-refractivity contribution in [3.8, 4) is 0 Å². The quantitative estimate of drug-likeness (QED) is 0.805. The van der Waals surface area contributed by atoms with Gasteiger partial charge >= 0.3 is 0 Å². The van der Waals surface area contributed by atoms with Gasteiger partial charge in [0.15, 0.2) is 0 Å². The molecule has 0 unspecified atom stereocenters. The van der Waals surface area contributed by atoms with Crippen LogP contribution < -0.4 is 5.32 Å². The molecule has 3 aromatic rings. The molecule has 0 radical (unpaired) electrons. The average molecular weight is 314 g/mol. The van der Waals surface area contributed by atoms with Gasteiger partial charge in [0.25, 0.3) is 5.91 Å². The zero-order valence-corrected chi connectivity index (χ0v) is 11.9. The zero-order valence-electron chi connectivity index (χ0n) is 11.9. The third kappa shape index (κ3) is 3.39. The molecule has 23 heavy (non-hydrogen) atoms. The number of halogens is 2. The summed E-state index contributed by atoms with van der Waals surface area (Å²) in [5.74, 6) is -2.83. The van der Waals surface area contributed by atoms with Crippen molar-refractivity contribution in [2.45, 2.75) is 6.54 Å². The summed E-state index contributed by atoms with van der Waals surface area (Å²) >= 11 is 0. The van der Waals surface area contributed by atoms with Crippen LogP contribution in [0.1, 0.15) is 15.9 Å². The molecule has 1 heterocycles. The highest BCUT2D eigenvalue weighted by atomic mass is 19.1. The van der Waals surface area contributed by atoms with Gasteiger partial charge in [-0.1, -0.05) is 36.4 Å². The van der Waals surface area contributed by atoms with E-state index in [0.29, 0.717) is 6.54 Å². The van der Waals surface area contributed by atoms with Crippen molar-refractivity contribution in [3.63, 3.8) is 0 Å². The van der Waals surface area contributed by atoms with Crippen LogP contribution in [-0.2, 0) is 6.54 Å². The third-order valence-electron chi connectivity index (χ3n) is 3.14. The monoisotopic (exact) mass is 314 g/mol. The molecule has 3 rings (SSSR count). The lowest BCUT2D eigenvalue weighted by Gasteiger charge is -2.04. The summed E-state index contributed by atoms with van der Waals surface area (Å²) < 4.78 is 28.6. The first-order valence-corrected chi connectivity index (χ1v) is 6.82. The lowest BCUT2D eigenvalue weighted by atomic mass is 10.2. The largest absolute Gasteiger partial charge is 0.289 e. The minimum absolute atomic E-state index is 0.0198. The number of hydrogen-bond acceptors (Lipinski definition) is 3. The Labute approximate surface area is 130 Å². The molecular weight excluding hydrogens is 302 g/mol. The molecule has 0 aliphatic rings. The number of aromatic nitrogens is 3. The normalized spacial score (nSPS) is 10.5. The summed E-state index contributed by atoms with van der Waals surface area (Å²) in [5, 5.41) is 6.34. The summed E-state index contributed by atoms with van der Waals surface area (Å²) in [5.41, 5.74) is 0.349. The second kappa shape index (κ2) is 6.35. The summed E-state index contributed by atoms with van der Waals surface area (Å²) in [7, 11) is 0. The molecule has 0 saturated carbocycles. The fraction of sp³-hybridized carbons (Fsp3) is 0.0625. The van der Waals surface area contributed by atoms with Crippen LogP contribution in [0.4, 0.5) is 14.7 Å². The van der Waals surface area contributed by atoms with Gasteiger partial charge in [0.1, 0.15) is 23.5 Å². The van der Waals surface area contributed by atoms with Crippen molar-refractivity contribution < 1.29 is 13.6 Å². The molecule has 1 aromatic heterocycles. The van der Waals surface area contributed by atoms with Crippen LogP contribution in [0.15, 0.2) is 54.9 Å². The zero-order chi connectivity index (χ0) is 16.2. The van der Waals surface area contributed by atoms with E-state index < -0.39 is 23.1 Å². The highest BCUT2D eigenvalue weighted by molar-refractivity contribution is 6.03. The van der Waals surface area contributed by atoms with Crippen LogP contribution >= 0.6 is 0 Å². The summed E-state index contributed by atoms with van der Waals surface area (Å²) in [6.45, 7) is 0.470. The van der Waals surface area contributed by atoms with Crippen LogP contribution in [0.2, 0.25) is 0 Å². The Morgan fingerprint density at radius 2 is 1.74 bits per heavy atom. The van der Waals surface area contributed by atoms with E-state index in [1.165, 1.54) is 17.1 Å². The third-order valence-corrected chi connectivity index (χ3v) is 3.14. The van der Waals surface area contributed by atoms with Crippen molar-refractivity contribution >= 4 is 11.9 Å². The fourth-order valence-corrected chi connectivity index (χ4v) is 2.08. The fourth-order valence-electron chi connectivity index (χ4n) is 2.08. The molecule has 1 amide bonds. The highest BCUT2D eigenvalue weighted by Crippen LogP contribution is 2.13. The number of anilines is 1. The van der Waals surface area contributed by atoms with Gasteiger partial charge < -0.3 is 0 Å². The van der Waals surface area contributed by atoms with Crippen LogP contribution in [0.5, 0.6) is 0 Å². The second-order valence-corrected chi connectivity index (χ2v) is 4.80. The van der Waals surface area contributed by atoms with Crippen LogP contribution in [0.3, 0.4) is 0 Å². The second-order valence-electron chi connectivity index (χ2n) is 4.80. The number of carbonyl (C=O) groups excluding carboxylic acids is 1. The van der Waals surface area contributed by atoms with Crippen molar-refractivity contribution in [3.05, 3.63) is 77.6 Å². The molecule has 116 valence electrons. The highest BCUT2D eigenvalue weighted by Gasteiger charge is 2.18. The molecule has 0 spiro atoms. The molecular formula is C16H12F2N4O. The Kier molecular flexibility index (Phi) is 4.09. The molecule has 5 nitrogen and oxygen atoms in total. The van der Waals surface area contributed by atoms with E-state index in [-0.39, 0.29) is 5.95 Å². The number of nitrogens with zero attached hydrogens (tertiary/aromatic N) is 3.